The lowest BCUT2D eigenvalue weighted by Gasteiger charge is -2.14. The summed E-state index contributed by atoms with van der Waals surface area (Å²) in [6.45, 7) is 0.333. The first-order valence-corrected chi connectivity index (χ1v) is 9.25. The first-order valence-electron chi connectivity index (χ1n) is 9.25. The van der Waals surface area contributed by atoms with E-state index in [1.165, 1.54) is 7.11 Å². The van der Waals surface area contributed by atoms with Crippen molar-refractivity contribution >= 4 is 23.2 Å². The van der Waals surface area contributed by atoms with Gasteiger partial charge in [-0.05, 0) is 30.3 Å². The van der Waals surface area contributed by atoms with Crippen molar-refractivity contribution in [3.8, 4) is 11.5 Å². The van der Waals surface area contributed by atoms with Gasteiger partial charge in [-0.15, -0.1) is 0 Å². The predicted octanol–water partition coefficient (Wildman–Crippen LogP) is 2.94. The number of aldehydes is 1. The molecule has 8 nitrogen and oxygen atoms in total. The fourth-order valence-electron chi connectivity index (χ4n) is 2.80. The molecule has 0 aliphatic carbocycles. The third kappa shape index (κ3) is 5.37. The van der Waals surface area contributed by atoms with Crippen LogP contribution in [0, 0.1) is 0 Å². The zero-order chi connectivity index (χ0) is 21.3. The predicted molar refractivity (Wildman–Crippen MR) is 109 cm³/mol. The number of hydrogen-bond acceptors (Lipinski definition) is 7. The highest BCUT2D eigenvalue weighted by atomic mass is 16.7. The molecule has 3 rings (SSSR count). The molecule has 0 spiro atoms. The Morgan fingerprint density at radius 2 is 2.00 bits per heavy atom. The number of para-hydroxylation sites is 1. The molecule has 0 saturated carbocycles. The van der Waals surface area contributed by atoms with Gasteiger partial charge in [0.05, 0.1) is 20.3 Å². The maximum atomic E-state index is 12.5. The van der Waals surface area contributed by atoms with Gasteiger partial charge in [-0.25, -0.2) is 0 Å². The average molecular weight is 413 g/mol. The summed E-state index contributed by atoms with van der Waals surface area (Å²) in [5, 5.41) is 3.33. The minimum absolute atomic E-state index is 0.00189. The summed E-state index contributed by atoms with van der Waals surface area (Å²) in [5.41, 5.74) is 1.35. The Balaban J connectivity index is 1.57. The third-order valence-corrected chi connectivity index (χ3v) is 4.29. The van der Waals surface area contributed by atoms with Crippen LogP contribution < -0.4 is 14.8 Å². The van der Waals surface area contributed by atoms with Gasteiger partial charge in [0.25, 0.3) is 5.91 Å². The molecule has 1 aromatic heterocycles. The highest BCUT2D eigenvalue weighted by Gasteiger charge is 2.17. The molecule has 0 fully saturated rings. The van der Waals surface area contributed by atoms with E-state index in [1.807, 2.05) is 18.2 Å². The van der Waals surface area contributed by atoms with E-state index >= 15 is 0 Å². The summed E-state index contributed by atoms with van der Waals surface area (Å²) in [6, 6.07) is 13.3. The maximum Gasteiger partial charge on any atom is 0.287 e. The van der Waals surface area contributed by atoms with Gasteiger partial charge in [-0.1, -0.05) is 18.2 Å². The molecular formula is C22H23NO7. The fraction of sp³-hybridized carbons (Fsp3) is 0.273. The Morgan fingerprint density at radius 3 is 2.77 bits per heavy atom. The van der Waals surface area contributed by atoms with E-state index in [9.17, 15) is 9.59 Å². The second kappa shape index (κ2) is 10.4. The summed E-state index contributed by atoms with van der Waals surface area (Å²) < 4.78 is 26.7. The number of carbonyl (C=O) groups is 2. The van der Waals surface area contributed by atoms with Crippen LogP contribution in [0.25, 0.3) is 11.0 Å². The summed E-state index contributed by atoms with van der Waals surface area (Å²) >= 11 is 0. The van der Waals surface area contributed by atoms with Crippen LogP contribution in [0.15, 0.2) is 52.9 Å². The topological polar surface area (TPSA) is 96.2 Å². The summed E-state index contributed by atoms with van der Waals surface area (Å²) in [6.07, 6.45) is 0.622. The van der Waals surface area contributed by atoms with E-state index in [0.29, 0.717) is 23.4 Å². The molecule has 1 amide bonds. The molecule has 1 heterocycles. The van der Waals surface area contributed by atoms with E-state index < -0.39 is 11.9 Å². The number of fused-ring (bicyclic) bond motifs is 1. The Hall–Kier alpha value is -3.36. The summed E-state index contributed by atoms with van der Waals surface area (Å²) in [4.78, 5) is 23.9. The van der Waals surface area contributed by atoms with E-state index in [0.717, 1.165) is 10.9 Å². The first-order chi connectivity index (χ1) is 14.6. The number of hydrogen-bond donors (Lipinski definition) is 1. The van der Waals surface area contributed by atoms with Crippen molar-refractivity contribution in [2.24, 2.45) is 0 Å². The molecule has 1 atom stereocenters. The van der Waals surface area contributed by atoms with E-state index in [-0.39, 0.29) is 25.8 Å². The van der Waals surface area contributed by atoms with Crippen molar-refractivity contribution in [3.63, 3.8) is 0 Å². The molecule has 0 radical (unpaired) electrons. The van der Waals surface area contributed by atoms with Crippen LogP contribution in [0.2, 0.25) is 0 Å². The highest BCUT2D eigenvalue weighted by molar-refractivity contribution is 5.97. The van der Waals surface area contributed by atoms with Crippen LogP contribution in [0.3, 0.4) is 0 Å². The SMILES string of the molecule is COCOc1ccccc1COCC(C=O)NC(=O)c1cc2cc(OC)ccc2o1. The molecular weight excluding hydrogens is 390 g/mol. The van der Waals surface area contributed by atoms with Crippen LogP contribution in [-0.2, 0) is 20.9 Å². The molecule has 1 N–H and O–H groups in total. The number of rotatable bonds is 11. The molecule has 8 heteroatoms. The summed E-state index contributed by atoms with van der Waals surface area (Å²) in [5.74, 6) is 0.881. The van der Waals surface area contributed by atoms with Crippen LogP contribution in [-0.4, -0.2) is 45.9 Å². The Labute approximate surface area is 173 Å². The molecule has 0 aliphatic heterocycles. The van der Waals surface area contributed by atoms with Crippen LogP contribution >= 0.6 is 0 Å². The lowest BCUT2D eigenvalue weighted by atomic mass is 10.2. The summed E-state index contributed by atoms with van der Waals surface area (Å²) in [7, 11) is 3.10. The van der Waals surface area contributed by atoms with Gasteiger partial charge in [0.2, 0.25) is 0 Å². The molecule has 30 heavy (non-hydrogen) atoms. The lowest BCUT2D eigenvalue weighted by molar-refractivity contribution is -0.110. The van der Waals surface area contributed by atoms with Gasteiger partial charge in [0.1, 0.15) is 29.4 Å². The molecule has 0 bridgehead atoms. The van der Waals surface area contributed by atoms with Crippen molar-refractivity contribution in [1.29, 1.82) is 0 Å². The van der Waals surface area contributed by atoms with Gasteiger partial charge in [0.15, 0.2) is 12.6 Å². The quantitative estimate of drug-likeness (QED) is 0.381. The van der Waals surface area contributed by atoms with E-state index in [2.05, 4.69) is 5.32 Å². The van der Waals surface area contributed by atoms with Crippen molar-refractivity contribution in [1.82, 2.24) is 5.32 Å². The standard InChI is InChI=1S/C22H23NO7/c1-26-14-29-19-6-4-3-5-15(19)12-28-13-17(11-24)23-22(25)21-10-16-9-18(27-2)7-8-20(16)30-21/h3-11,17H,12-14H2,1-2H3,(H,23,25). The van der Waals surface area contributed by atoms with Crippen molar-refractivity contribution in [2.75, 3.05) is 27.6 Å². The minimum Gasteiger partial charge on any atom is -0.497 e. The maximum absolute atomic E-state index is 12.5. The highest BCUT2D eigenvalue weighted by Crippen LogP contribution is 2.24. The molecule has 2 aromatic carbocycles. The molecule has 1 unspecified atom stereocenters. The van der Waals surface area contributed by atoms with E-state index in [1.54, 1.807) is 37.4 Å². The minimum atomic E-state index is -0.827. The number of benzene rings is 2. The zero-order valence-electron chi connectivity index (χ0n) is 16.8. The smallest absolute Gasteiger partial charge is 0.287 e. The van der Waals surface area contributed by atoms with Crippen molar-refractivity contribution in [3.05, 3.63) is 59.9 Å². The number of furan rings is 1. The second-order valence-corrected chi connectivity index (χ2v) is 6.40. The van der Waals surface area contributed by atoms with Crippen LogP contribution in [0.5, 0.6) is 11.5 Å². The van der Waals surface area contributed by atoms with Crippen LogP contribution in [0.4, 0.5) is 0 Å². The number of amides is 1. The molecule has 158 valence electrons. The zero-order valence-corrected chi connectivity index (χ0v) is 16.8. The second-order valence-electron chi connectivity index (χ2n) is 6.40. The van der Waals surface area contributed by atoms with Crippen LogP contribution in [0.1, 0.15) is 16.1 Å². The Morgan fingerprint density at radius 1 is 1.17 bits per heavy atom. The molecule has 0 saturated heterocycles. The van der Waals surface area contributed by atoms with Gasteiger partial charge in [0, 0.05) is 18.1 Å². The molecule has 3 aromatic rings. The number of nitrogens with one attached hydrogen (secondary N) is 1. The van der Waals surface area contributed by atoms with E-state index in [4.69, 9.17) is 23.4 Å². The third-order valence-electron chi connectivity index (χ3n) is 4.29. The van der Waals surface area contributed by atoms with Gasteiger partial charge < -0.3 is 33.5 Å². The number of methoxy groups -OCH3 is 2. The normalized spacial score (nSPS) is 11.8. The van der Waals surface area contributed by atoms with Gasteiger partial charge in [-0.2, -0.15) is 0 Å². The average Bonchev–Trinajstić information content (AvgIpc) is 3.21. The first kappa shape index (κ1) is 21.4. The van der Waals surface area contributed by atoms with Crippen molar-refractivity contribution in [2.45, 2.75) is 12.6 Å². The van der Waals surface area contributed by atoms with Gasteiger partial charge >= 0.3 is 0 Å². The van der Waals surface area contributed by atoms with Gasteiger partial charge in [-0.3, -0.25) is 4.79 Å². The number of ether oxygens (including phenoxy) is 4. The number of carbonyl (C=O) groups excluding carboxylic acids is 2. The largest absolute Gasteiger partial charge is 0.497 e. The Bertz CT molecular complexity index is 998. The lowest BCUT2D eigenvalue weighted by Crippen LogP contribution is -2.39. The monoisotopic (exact) mass is 413 g/mol. The van der Waals surface area contributed by atoms with Crippen molar-refractivity contribution < 1.29 is 33.0 Å². The fourth-order valence-corrected chi connectivity index (χ4v) is 2.80. The Kier molecular flexibility index (Phi) is 7.42. The molecule has 0 aliphatic rings.